The highest BCUT2D eigenvalue weighted by molar-refractivity contribution is 6.28. The Balaban J connectivity index is 1.75. The number of allylic oxidation sites excluding steroid dienone is 1. The van der Waals surface area contributed by atoms with E-state index in [-0.39, 0.29) is 5.41 Å². The molecule has 0 saturated heterocycles. The Hall–Kier alpha value is -3.32. The molecule has 0 bridgehead atoms. The zero-order valence-corrected chi connectivity index (χ0v) is 17.2. The van der Waals surface area contributed by atoms with Crippen molar-refractivity contribution in [2.45, 2.75) is 31.6 Å². The highest BCUT2D eigenvalue weighted by Crippen LogP contribution is 2.58. The molecule has 3 aliphatic rings. The zero-order chi connectivity index (χ0) is 19.8. The van der Waals surface area contributed by atoms with E-state index in [0.29, 0.717) is 5.92 Å². The number of hydrogen-bond acceptors (Lipinski definition) is 0. The smallest absolute Gasteiger partial charge is 0.0547 e. The summed E-state index contributed by atoms with van der Waals surface area (Å²) in [5, 5.41) is 8.89. The van der Waals surface area contributed by atoms with Crippen LogP contribution in [0.3, 0.4) is 0 Å². The molecule has 0 radical (unpaired) electrons. The molecule has 3 aliphatic carbocycles. The molecule has 0 N–H and O–H groups in total. The third-order valence-corrected chi connectivity index (χ3v) is 8.06. The van der Waals surface area contributed by atoms with Crippen LogP contribution in [0.4, 0.5) is 0 Å². The summed E-state index contributed by atoms with van der Waals surface area (Å²) in [5.41, 5.74) is 8.72. The summed E-state index contributed by atoms with van der Waals surface area (Å²) in [4.78, 5) is 0. The van der Waals surface area contributed by atoms with E-state index in [2.05, 4.69) is 91.2 Å². The van der Waals surface area contributed by atoms with Gasteiger partial charge in [-0.25, -0.2) is 0 Å². The maximum absolute atomic E-state index is 2.49. The van der Waals surface area contributed by atoms with Gasteiger partial charge in [0.25, 0.3) is 0 Å². The highest BCUT2D eigenvalue weighted by atomic mass is 15.0. The predicted octanol–water partition coefficient (Wildman–Crippen LogP) is 6.39. The van der Waals surface area contributed by atoms with Gasteiger partial charge in [0.2, 0.25) is 0 Å². The fourth-order valence-electron chi connectivity index (χ4n) is 6.77. The Bertz CT molecular complexity index is 1680. The van der Waals surface area contributed by atoms with Gasteiger partial charge in [0.1, 0.15) is 0 Å². The van der Waals surface area contributed by atoms with Crippen molar-refractivity contribution in [2.24, 2.45) is 0 Å². The van der Waals surface area contributed by atoms with Crippen LogP contribution in [0.5, 0.6) is 0 Å². The lowest BCUT2D eigenvalue weighted by Crippen LogP contribution is -2.21. The summed E-state index contributed by atoms with van der Waals surface area (Å²) < 4.78 is 2.49. The van der Waals surface area contributed by atoms with Crippen molar-refractivity contribution in [1.29, 1.82) is 0 Å². The first-order valence-electron chi connectivity index (χ1n) is 11.0. The van der Waals surface area contributed by atoms with Crippen molar-refractivity contribution < 1.29 is 0 Å². The highest BCUT2D eigenvalue weighted by Gasteiger charge is 2.43. The second-order valence-electron chi connectivity index (χ2n) is 9.76. The molecule has 0 aliphatic heterocycles. The van der Waals surface area contributed by atoms with Crippen molar-refractivity contribution in [3.63, 3.8) is 0 Å². The molecule has 0 saturated carbocycles. The first kappa shape index (κ1) is 15.5. The van der Waals surface area contributed by atoms with Crippen LogP contribution in [0.25, 0.3) is 50.3 Å². The van der Waals surface area contributed by atoms with Crippen molar-refractivity contribution in [3.05, 3.63) is 88.3 Å². The lowest BCUT2D eigenvalue weighted by molar-refractivity contribution is 0.494. The topological polar surface area (TPSA) is 4.93 Å². The minimum absolute atomic E-state index is 0.135. The normalized spacial score (nSPS) is 19.6. The van der Waals surface area contributed by atoms with Crippen LogP contribution in [-0.4, -0.2) is 4.57 Å². The van der Waals surface area contributed by atoms with Crippen molar-refractivity contribution in [2.75, 3.05) is 0 Å². The van der Waals surface area contributed by atoms with E-state index < -0.39 is 0 Å². The molecule has 4 aromatic carbocycles. The Labute approximate surface area is 174 Å². The summed E-state index contributed by atoms with van der Waals surface area (Å²) in [6.45, 7) is 4.86. The SMILES string of the molecule is CC1(C)c2ccc3c4c2c2c5c(ccc6c5c4c(n6-c4ccccc4)=CC3)C=CC21. The summed E-state index contributed by atoms with van der Waals surface area (Å²) in [5.74, 6) is 0.458. The molecule has 1 unspecified atom stereocenters. The Morgan fingerprint density at radius 2 is 1.70 bits per heavy atom. The van der Waals surface area contributed by atoms with E-state index in [1.54, 1.807) is 10.9 Å². The molecular formula is C29H21N. The monoisotopic (exact) mass is 383 g/mol. The number of aromatic nitrogens is 1. The molecule has 1 nitrogen and oxygen atoms in total. The Morgan fingerprint density at radius 1 is 0.833 bits per heavy atom. The van der Waals surface area contributed by atoms with Gasteiger partial charge < -0.3 is 4.57 Å². The fraction of sp³-hybridized carbons (Fsp3) is 0.172. The average Bonchev–Trinajstić information content (AvgIpc) is 3.24. The van der Waals surface area contributed by atoms with E-state index in [1.807, 2.05) is 0 Å². The molecule has 1 aromatic heterocycles. The number of rotatable bonds is 1. The van der Waals surface area contributed by atoms with Gasteiger partial charge in [0.15, 0.2) is 0 Å². The van der Waals surface area contributed by atoms with Crippen LogP contribution in [0, 0.1) is 0 Å². The van der Waals surface area contributed by atoms with Gasteiger partial charge in [-0.3, -0.25) is 0 Å². The van der Waals surface area contributed by atoms with Crippen LogP contribution >= 0.6 is 0 Å². The first-order valence-corrected chi connectivity index (χ1v) is 11.0. The van der Waals surface area contributed by atoms with E-state index >= 15 is 0 Å². The quantitative estimate of drug-likeness (QED) is 0.295. The lowest BCUT2D eigenvalue weighted by Gasteiger charge is -2.29. The van der Waals surface area contributed by atoms with Gasteiger partial charge >= 0.3 is 0 Å². The van der Waals surface area contributed by atoms with Gasteiger partial charge in [-0.1, -0.05) is 68.5 Å². The van der Waals surface area contributed by atoms with Crippen LogP contribution in [-0.2, 0) is 11.8 Å². The molecule has 0 fully saturated rings. The Morgan fingerprint density at radius 3 is 2.57 bits per heavy atom. The van der Waals surface area contributed by atoms with Gasteiger partial charge in [-0.2, -0.15) is 0 Å². The van der Waals surface area contributed by atoms with Crippen LogP contribution < -0.4 is 5.35 Å². The first-order chi connectivity index (χ1) is 14.7. The standard InChI is InChI=1S/C29H21N/c1-29(2)19-12-8-16-10-14-21-27-23(16)25(19)26-20(29)13-9-17-11-15-22(28(27)24(17)26)30(21)18-6-4-3-5-7-18/h3-10,12-15,19H,11H2,1-2H3. The van der Waals surface area contributed by atoms with Gasteiger partial charge in [0.05, 0.1) is 10.9 Å². The second kappa shape index (κ2) is 4.70. The van der Waals surface area contributed by atoms with E-state index in [0.717, 1.165) is 6.42 Å². The van der Waals surface area contributed by atoms with E-state index in [9.17, 15) is 0 Å². The molecule has 30 heavy (non-hydrogen) atoms. The van der Waals surface area contributed by atoms with E-state index in [1.165, 1.54) is 54.8 Å². The molecule has 0 spiro atoms. The van der Waals surface area contributed by atoms with Crippen LogP contribution in [0.15, 0.2) is 60.7 Å². The maximum Gasteiger partial charge on any atom is 0.0547 e. The number of nitrogens with zero attached hydrogens (tertiary/aromatic N) is 1. The van der Waals surface area contributed by atoms with Crippen LogP contribution in [0.2, 0.25) is 0 Å². The van der Waals surface area contributed by atoms with E-state index in [4.69, 9.17) is 0 Å². The summed E-state index contributed by atoms with van der Waals surface area (Å²) in [6.07, 6.45) is 8.30. The summed E-state index contributed by atoms with van der Waals surface area (Å²) >= 11 is 0. The van der Waals surface area contributed by atoms with Crippen LogP contribution in [0.1, 0.15) is 42.0 Å². The lowest BCUT2D eigenvalue weighted by atomic mass is 9.74. The van der Waals surface area contributed by atoms with Crippen molar-refractivity contribution >= 4 is 44.6 Å². The second-order valence-corrected chi connectivity index (χ2v) is 9.76. The largest absolute Gasteiger partial charge is 0.310 e. The maximum atomic E-state index is 2.49. The molecule has 0 amide bonds. The fourth-order valence-corrected chi connectivity index (χ4v) is 6.77. The van der Waals surface area contributed by atoms with Gasteiger partial charge in [0, 0.05) is 27.8 Å². The van der Waals surface area contributed by atoms with Gasteiger partial charge in [-0.05, 0) is 63.0 Å². The summed E-state index contributed by atoms with van der Waals surface area (Å²) in [6, 6.07) is 20.4. The molecule has 142 valence electrons. The van der Waals surface area contributed by atoms with Gasteiger partial charge in [-0.15, -0.1) is 0 Å². The minimum Gasteiger partial charge on any atom is -0.310 e. The minimum atomic E-state index is 0.135. The number of hydrogen-bond donors (Lipinski definition) is 0. The van der Waals surface area contributed by atoms with Crippen molar-refractivity contribution in [1.82, 2.24) is 4.57 Å². The predicted molar refractivity (Wildman–Crippen MR) is 126 cm³/mol. The third-order valence-electron chi connectivity index (χ3n) is 8.06. The third kappa shape index (κ3) is 1.48. The molecule has 1 heterocycles. The molecule has 5 aromatic rings. The molecular weight excluding hydrogens is 362 g/mol. The average molecular weight is 383 g/mol. The molecule has 8 rings (SSSR count). The number of benzene rings is 4. The van der Waals surface area contributed by atoms with Crippen molar-refractivity contribution in [3.8, 4) is 5.69 Å². The molecule has 1 atom stereocenters. The molecule has 1 heteroatoms. The Kier molecular flexibility index (Phi) is 2.43. The summed E-state index contributed by atoms with van der Waals surface area (Å²) in [7, 11) is 0. The zero-order valence-electron chi connectivity index (χ0n) is 17.2. The number of para-hydroxylation sites is 1.